The van der Waals surface area contributed by atoms with Gasteiger partial charge >= 0.3 is 11.9 Å². The van der Waals surface area contributed by atoms with Crippen LogP contribution in [0.2, 0.25) is 0 Å². The molecule has 0 atom stereocenters. The fourth-order valence-electron chi connectivity index (χ4n) is 2.56. The van der Waals surface area contributed by atoms with Crippen LogP contribution in [0.3, 0.4) is 0 Å². The molecule has 0 saturated heterocycles. The molecule has 10 nitrogen and oxygen atoms in total. The number of hydrogen-bond donors (Lipinski definition) is 0. The van der Waals surface area contributed by atoms with Gasteiger partial charge in [0.05, 0.1) is 24.8 Å². The van der Waals surface area contributed by atoms with Gasteiger partial charge in [-0.3, -0.25) is 10.1 Å². The highest BCUT2D eigenvalue weighted by Crippen LogP contribution is 2.29. The van der Waals surface area contributed by atoms with Crippen molar-refractivity contribution in [3.63, 3.8) is 0 Å². The third-order valence-corrected chi connectivity index (χ3v) is 4.13. The first kappa shape index (κ1) is 21.2. The first-order valence-electron chi connectivity index (χ1n) is 8.88. The lowest BCUT2D eigenvalue weighted by molar-refractivity contribution is -0.384. The molecule has 2 aromatic carbocycles. The Labute approximate surface area is 176 Å². The number of esters is 2. The summed E-state index contributed by atoms with van der Waals surface area (Å²) in [5.41, 5.74) is 1.18. The van der Waals surface area contributed by atoms with Crippen molar-refractivity contribution in [2.24, 2.45) is 0 Å². The number of methoxy groups -OCH3 is 2. The summed E-state index contributed by atoms with van der Waals surface area (Å²) < 4.78 is 16.6. The van der Waals surface area contributed by atoms with E-state index in [0.29, 0.717) is 11.3 Å². The zero-order valence-corrected chi connectivity index (χ0v) is 16.6. The van der Waals surface area contributed by atoms with E-state index in [1.165, 1.54) is 73.6 Å². The Bertz CT molecular complexity index is 1150. The van der Waals surface area contributed by atoms with Crippen LogP contribution in [0.4, 0.5) is 5.69 Å². The number of rotatable bonds is 7. The van der Waals surface area contributed by atoms with Gasteiger partial charge in [0.15, 0.2) is 17.2 Å². The number of ether oxygens (including phenoxy) is 3. The predicted octanol–water partition coefficient (Wildman–Crippen LogP) is 3.19. The lowest BCUT2D eigenvalue weighted by Gasteiger charge is -2.09. The number of hydrogen-bond acceptors (Lipinski definition) is 8. The van der Waals surface area contributed by atoms with Crippen LogP contribution in [0.5, 0.6) is 11.5 Å². The number of nitrogens with zero attached hydrogens (tertiary/aromatic N) is 3. The lowest BCUT2D eigenvalue weighted by Crippen LogP contribution is -2.11. The Hall–Kier alpha value is -4.47. The van der Waals surface area contributed by atoms with E-state index in [2.05, 4.69) is 9.84 Å². The molecule has 10 heteroatoms. The molecule has 0 N–H and O–H groups in total. The van der Waals surface area contributed by atoms with Crippen LogP contribution < -0.4 is 9.47 Å². The van der Waals surface area contributed by atoms with Crippen molar-refractivity contribution in [3.05, 3.63) is 82.2 Å². The number of carbonyl (C=O) groups excluding carboxylic acids is 2. The molecule has 3 aromatic rings. The number of nitro groups is 1. The second-order valence-corrected chi connectivity index (χ2v) is 6.08. The summed E-state index contributed by atoms with van der Waals surface area (Å²) in [4.78, 5) is 34.0. The molecule has 0 radical (unpaired) electrons. The molecule has 31 heavy (non-hydrogen) atoms. The van der Waals surface area contributed by atoms with E-state index in [0.717, 1.165) is 0 Å². The van der Waals surface area contributed by atoms with Crippen LogP contribution in [0.25, 0.3) is 11.8 Å². The molecule has 0 aliphatic heterocycles. The number of carbonyl (C=O) groups is 2. The SMILES string of the molecule is COC(=O)/C=C/c1ccc(OC(=O)c2ccn(-c3ccc([N+](=O)[O-])cc3)n2)c(OC)c1. The largest absolute Gasteiger partial charge is 0.493 e. The average molecular weight is 423 g/mol. The number of benzene rings is 2. The zero-order valence-electron chi connectivity index (χ0n) is 16.6. The van der Waals surface area contributed by atoms with Crippen LogP contribution >= 0.6 is 0 Å². The molecule has 0 saturated carbocycles. The van der Waals surface area contributed by atoms with Gasteiger partial charge in [-0.05, 0) is 42.0 Å². The third-order valence-electron chi connectivity index (χ3n) is 4.13. The van der Waals surface area contributed by atoms with Crippen LogP contribution in [-0.4, -0.2) is 40.9 Å². The van der Waals surface area contributed by atoms with E-state index >= 15 is 0 Å². The van der Waals surface area contributed by atoms with Gasteiger partial charge in [0.1, 0.15) is 0 Å². The molecule has 1 heterocycles. The topological polar surface area (TPSA) is 123 Å². The molecular weight excluding hydrogens is 406 g/mol. The fourth-order valence-corrected chi connectivity index (χ4v) is 2.56. The van der Waals surface area contributed by atoms with E-state index in [1.54, 1.807) is 12.1 Å². The van der Waals surface area contributed by atoms with Gasteiger partial charge in [-0.25, -0.2) is 14.3 Å². The van der Waals surface area contributed by atoms with Crippen molar-refractivity contribution in [2.75, 3.05) is 14.2 Å². The second-order valence-electron chi connectivity index (χ2n) is 6.08. The summed E-state index contributed by atoms with van der Waals surface area (Å²) in [6, 6.07) is 11.9. The minimum Gasteiger partial charge on any atom is -0.493 e. The Balaban J connectivity index is 1.75. The van der Waals surface area contributed by atoms with E-state index < -0.39 is 16.9 Å². The Morgan fingerprint density at radius 3 is 2.45 bits per heavy atom. The van der Waals surface area contributed by atoms with Crippen molar-refractivity contribution in [2.45, 2.75) is 0 Å². The van der Waals surface area contributed by atoms with E-state index in [-0.39, 0.29) is 22.9 Å². The minimum absolute atomic E-state index is 0.0371. The summed E-state index contributed by atoms with van der Waals surface area (Å²) in [5.74, 6) is -0.752. The summed E-state index contributed by atoms with van der Waals surface area (Å²) in [6.07, 6.45) is 4.33. The van der Waals surface area contributed by atoms with E-state index in [1.807, 2.05) is 0 Å². The van der Waals surface area contributed by atoms with Gasteiger partial charge in [0.25, 0.3) is 5.69 Å². The maximum atomic E-state index is 12.5. The quantitative estimate of drug-likeness (QED) is 0.187. The summed E-state index contributed by atoms with van der Waals surface area (Å²) in [5, 5.41) is 14.9. The number of nitro benzene ring substituents is 1. The molecule has 158 valence electrons. The summed E-state index contributed by atoms with van der Waals surface area (Å²) in [7, 11) is 2.70. The molecule has 3 rings (SSSR count). The van der Waals surface area contributed by atoms with Gasteiger partial charge < -0.3 is 14.2 Å². The molecule has 0 spiro atoms. The monoisotopic (exact) mass is 423 g/mol. The second kappa shape index (κ2) is 9.35. The zero-order chi connectivity index (χ0) is 22.4. The highest BCUT2D eigenvalue weighted by Gasteiger charge is 2.16. The molecule has 0 aliphatic carbocycles. The number of non-ortho nitro benzene ring substituents is 1. The normalized spacial score (nSPS) is 10.6. The fraction of sp³-hybridized carbons (Fsp3) is 0.0952. The van der Waals surface area contributed by atoms with Gasteiger partial charge in [-0.1, -0.05) is 6.07 Å². The molecule has 1 aromatic heterocycles. The van der Waals surface area contributed by atoms with Gasteiger partial charge in [-0.15, -0.1) is 0 Å². The maximum absolute atomic E-state index is 12.5. The summed E-state index contributed by atoms with van der Waals surface area (Å²) in [6.45, 7) is 0. The van der Waals surface area contributed by atoms with Gasteiger partial charge in [0.2, 0.25) is 0 Å². The Morgan fingerprint density at radius 2 is 1.81 bits per heavy atom. The van der Waals surface area contributed by atoms with Gasteiger partial charge in [-0.2, -0.15) is 5.10 Å². The molecule has 0 aliphatic rings. The van der Waals surface area contributed by atoms with Crippen molar-refractivity contribution >= 4 is 23.7 Å². The van der Waals surface area contributed by atoms with Gasteiger partial charge in [0, 0.05) is 24.4 Å². The smallest absolute Gasteiger partial charge is 0.364 e. The van der Waals surface area contributed by atoms with E-state index in [4.69, 9.17) is 9.47 Å². The van der Waals surface area contributed by atoms with Crippen LogP contribution in [0.15, 0.2) is 60.8 Å². The molecule has 0 amide bonds. The van der Waals surface area contributed by atoms with Crippen molar-refractivity contribution < 1.29 is 28.7 Å². The molecule has 0 fully saturated rings. The summed E-state index contributed by atoms with van der Waals surface area (Å²) >= 11 is 0. The lowest BCUT2D eigenvalue weighted by atomic mass is 10.2. The molecule has 0 bridgehead atoms. The van der Waals surface area contributed by atoms with Crippen molar-refractivity contribution in [1.29, 1.82) is 0 Å². The predicted molar refractivity (Wildman–Crippen MR) is 109 cm³/mol. The first-order valence-corrected chi connectivity index (χ1v) is 8.88. The molecule has 0 unspecified atom stereocenters. The Kier molecular flexibility index (Phi) is 6.41. The van der Waals surface area contributed by atoms with Crippen LogP contribution in [-0.2, 0) is 9.53 Å². The maximum Gasteiger partial charge on any atom is 0.364 e. The average Bonchev–Trinajstić information content (AvgIpc) is 3.28. The highest BCUT2D eigenvalue weighted by atomic mass is 16.6. The van der Waals surface area contributed by atoms with E-state index in [9.17, 15) is 19.7 Å². The molecular formula is C21H17N3O7. The first-order chi connectivity index (χ1) is 14.9. The van der Waals surface area contributed by atoms with Crippen molar-refractivity contribution in [3.8, 4) is 17.2 Å². The standard InChI is InChI=1S/C21H17N3O7/c1-29-19-13-14(4-10-20(25)30-2)3-9-18(19)31-21(26)17-11-12-23(22-17)15-5-7-16(8-6-15)24(27)28/h3-13H,1-2H3/b10-4+. The highest BCUT2D eigenvalue weighted by molar-refractivity contribution is 5.89. The third kappa shape index (κ3) is 5.12. The van der Waals surface area contributed by atoms with Crippen LogP contribution in [0.1, 0.15) is 16.1 Å². The van der Waals surface area contributed by atoms with Crippen molar-refractivity contribution in [1.82, 2.24) is 9.78 Å². The number of aromatic nitrogens is 2. The Morgan fingerprint density at radius 1 is 1.06 bits per heavy atom. The minimum atomic E-state index is -0.711. The van der Waals surface area contributed by atoms with Crippen LogP contribution in [0, 0.1) is 10.1 Å².